The number of carboxylic acid groups (broad SMARTS) is 1. The molecule has 0 saturated carbocycles. The molecule has 4 aromatic rings. The molecule has 0 aliphatic carbocycles. The van der Waals surface area contributed by atoms with Crippen molar-refractivity contribution in [1.82, 2.24) is 15.3 Å². The van der Waals surface area contributed by atoms with Crippen LogP contribution in [0.3, 0.4) is 0 Å². The molecule has 0 saturated heterocycles. The van der Waals surface area contributed by atoms with Gasteiger partial charge in [0.25, 0.3) is 5.91 Å². The summed E-state index contributed by atoms with van der Waals surface area (Å²) in [6, 6.07) is 18.5. The number of thiophene rings is 1. The Balaban J connectivity index is 1.42. The van der Waals surface area contributed by atoms with Crippen molar-refractivity contribution >= 4 is 23.2 Å². The van der Waals surface area contributed by atoms with E-state index < -0.39 is 12.0 Å². The fourth-order valence-electron chi connectivity index (χ4n) is 4.11. The molecule has 2 aromatic carbocycles. The zero-order valence-electron chi connectivity index (χ0n) is 23.3. The maximum atomic E-state index is 12.7. The van der Waals surface area contributed by atoms with Crippen molar-refractivity contribution in [3.8, 4) is 22.5 Å². The van der Waals surface area contributed by atoms with Crippen molar-refractivity contribution in [1.29, 1.82) is 0 Å². The number of carbonyl (C=O) groups is 2. The smallest absolute Gasteiger partial charge is 0.326 e. The molecule has 0 unspecified atom stereocenters. The molecule has 1 atom stereocenters. The Morgan fingerprint density at radius 1 is 0.795 bits per heavy atom. The van der Waals surface area contributed by atoms with Crippen LogP contribution in [-0.2, 0) is 22.0 Å². The van der Waals surface area contributed by atoms with E-state index in [0.29, 0.717) is 4.88 Å². The van der Waals surface area contributed by atoms with Gasteiger partial charge in [0.2, 0.25) is 0 Å². The topological polar surface area (TPSA) is 92.2 Å². The lowest BCUT2D eigenvalue weighted by atomic mass is 9.86. The number of carbonyl (C=O) groups excluding carboxylic acids is 1. The molecule has 2 heterocycles. The first-order valence-electron chi connectivity index (χ1n) is 13.0. The van der Waals surface area contributed by atoms with Crippen molar-refractivity contribution in [3.05, 3.63) is 93.9 Å². The fraction of sp³-hybridized carbons (Fsp3) is 0.312. The number of hydrogen-bond donors (Lipinski definition) is 2. The van der Waals surface area contributed by atoms with Gasteiger partial charge in [-0.15, -0.1) is 11.3 Å². The van der Waals surface area contributed by atoms with Crippen LogP contribution in [0.5, 0.6) is 0 Å². The van der Waals surface area contributed by atoms with Crippen LogP contribution in [0.4, 0.5) is 0 Å². The molecule has 39 heavy (non-hydrogen) atoms. The second-order valence-electron chi connectivity index (χ2n) is 11.8. The SMILES string of the molecule is CC(C)(C)c1ccc(-c2cnc(-c3ccc(C[C@H](NC(=O)c4ccc(C(C)(C)C)s4)C(=O)O)cc3)cn2)cc1. The van der Waals surface area contributed by atoms with Crippen LogP contribution in [0.1, 0.15) is 67.2 Å². The molecule has 0 aliphatic rings. The van der Waals surface area contributed by atoms with Crippen molar-refractivity contribution in [2.45, 2.75) is 64.8 Å². The van der Waals surface area contributed by atoms with Crippen LogP contribution in [0.25, 0.3) is 22.5 Å². The summed E-state index contributed by atoms with van der Waals surface area (Å²) >= 11 is 1.39. The summed E-state index contributed by atoms with van der Waals surface area (Å²) in [6.07, 6.45) is 3.68. The van der Waals surface area contributed by atoms with Gasteiger partial charge in [0.1, 0.15) is 6.04 Å². The van der Waals surface area contributed by atoms with E-state index in [1.807, 2.05) is 30.3 Å². The Kier molecular flexibility index (Phi) is 8.02. The van der Waals surface area contributed by atoms with E-state index in [9.17, 15) is 14.7 Å². The third-order valence-corrected chi connectivity index (χ3v) is 8.07. The molecule has 0 bridgehead atoms. The van der Waals surface area contributed by atoms with Crippen LogP contribution >= 0.6 is 11.3 Å². The summed E-state index contributed by atoms with van der Waals surface area (Å²) in [5.41, 5.74) is 5.51. The van der Waals surface area contributed by atoms with E-state index in [4.69, 9.17) is 0 Å². The highest BCUT2D eigenvalue weighted by Gasteiger charge is 2.24. The molecular weight excluding hydrogens is 506 g/mol. The zero-order valence-corrected chi connectivity index (χ0v) is 24.1. The number of rotatable bonds is 7. The summed E-state index contributed by atoms with van der Waals surface area (Å²) in [7, 11) is 0. The highest BCUT2D eigenvalue weighted by Crippen LogP contribution is 2.30. The first-order chi connectivity index (χ1) is 18.3. The average molecular weight is 542 g/mol. The molecule has 0 aliphatic heterocycles. The van der Waals surface area contributed by atoms with Gasteiger partial charge in [0.05, 0.1) is 28.7 Å². The van der Waals surface area contributed by atoms with E-state index in [1.165, 1.54) is 16.9 Å². The Bertz CT molecular complexity index is 1440. The van der Waals surface area contributed by atoms with Gasteiger partial charge in [-0.1, -0.05) is 90.1 Å². The highest BCUT2D eigenvalue weighted by atomic mass is 32.1. The molecule has 2 aromatic heterocycles. The first-order valence-corrected chi connectivity index (χ1v) is 13.8. The summed E-state index contributed by atoms with van der Waals surface area (Å²) in [5.74, 6) is -1.44. The Morgan fingerprint density at radius 2 is 1.33 bits per heavy atom. The number of amides is 1. The van der Waals surface area contributed by atoms with E-state index in [2.05, 4.69) is 81.1 Å². The van der Waals surface area contributed by atoms with Crippen molar-refractivity contribution in [2.24, 2.45) is 0 Å². The van der Waals surface area contributed by atoms with Gasteiger partial charge in [-0.3, -0.25) is 14.8 Å². The third-order valence-electron chi connectivity index (χ3n) is 6.56. The highest BCUT2D eigenvalue weighted by molar-refractivity contribution is 7.14. The third kappa shape index (κ3) is 6.98. The van der Waals surface area contributed by atoms with Gasteiger partial charge < -0.3 is 10.4 Å². The predicted octanol–water partition coefficient (Wildman–Crippen LogP) is 6.89. The standard InChI is InChI=1S/C32H35N3O3S/c1-31(2,3)23-13-11-22(12-14-23)26-19-33-25(18-34-26)21-9-7-20(8-10-21)17-24(30(37)38)35-29(36)27-15-16-28(39-27)32(4,5)6/h7-16,18-19,24H,17H2,1-6H3,(H,35,36)(H,37,38)/t24-/m0/s1. The van der Waals surface area contributed by atoms with Gasteiger partial charge in [0, 0.05) is 22.4 Å². The number of nitrogens with one attached hydrogen (secondary N) is 1. The van der Waals surface area contributed by atoms with Gasteiger partial charge in [-0.2, -0.15) is 0 Å². The largest absolute Gasteiger partial charge is 0.480 e. The number of aliphatic carboxylic acids is 1. The zero-order chi connectivity index (χ0) is 28.4. The van der Waals surface area contributed by atoms with Crippen molar-refractivity contribution < 1.29 is 14.7 Å². The van der Waals surface area contributed by atoms with E-state index >= 15 is 0 Å². The number of benzene rings is 2. The lowest BCUT2D eigenvalue weighted by Gasteiger charge is -2.19. The van der Waals surface area contributed by atoms with Gasteiger partial charge in [-0.25, -0.2) is 4.79 Å². The van der Waals surface area contributed by atoms with Crippen LogP contribution in [0.15, 0.2) is 73.1 Å². The molecule has 0 radical (unpaired) electrons. The van der Waals surface area contributed by atoms with Gasteiger partial charge in [-0.05, 0) is 34.1 Å². The minimum atomic E-state index is -1.07. The maximum absolute atomic E-state index is 12.7. The second-order valence-corrected chi connectivity index (χ2v) is 12.9. The van der Waals surface area contributed by atoms with Gasteiger partial charge >= 0.3 is 5.97 Å². The molecule has 6 nitrogen and oxygen atoms in total. The summed E-state index contributed by atoms with van der Waals surface area (Å²) in [6.45, 7) is 12.8. The first kappa shape index (κ1) is 28.2. The van der Waals surface area contributed by atoms with Crippen LogP contribution in [0, 0.1) is 0 Å². The number of hydrogen-bond acceptors (Lipinski definition) is 5. The van der Waals surface area contributed by atoms with Gasteiger partial charge in [0.15, 0.2) is 0 Å². The Morgan fingerprint density at radius 3 is 1.77 bits per heavy atom. The molecule has 4 rings (SSSR count). The molecular formula is C32H35N3O3S. The van der Waals surface area contributed by atoms with E-state index in [1.54, 1.807) is 18.5 Å². The van der Waals surface area contributed by atoms with Crippen LogP contribution < -0.4 is 5.32 Å². The second kappa shape index (κ2) is 11.1. The lowest BCUT2D eigenvalue weighted by Crippen LogP contribution is -2.42. The Labute approximate surface area is 234 Å². The van der Waals surface area contributed by atoms with Crippen molar-refractivity contribution in [2.75, 3.05) is 0 Å². The fourth-order valence-corrected chi connectivity index (χ4v) is 5.07. The maximum Gasteiger partial charge on any atom is 0.326 e. The molecule has 2 N–H and O–H groups in total. The molecule has 0 spiro atoms. The molecule has 7 heteroatoms. The Hall–Kier alpha value is -3.84. The minimum Gasteiger partial charge on any atom is -0.480 e. The summed E-state index contributed by atoms with van der Waals surface area (Å²) in [5, 5.41) is 12.4. The van der Waals surface area contributed by atoms with Crippen LogP contribution in [-0.4, -0.2) is 33.0 Å². The minimum absolute atomic E-state index is 0.0699. The summed E-state index contributed by atoms with van der Waals surface area (Å²) < 4.78 is 0. The average Bonchev–Trinajstić information content (AvgIpc) is 3.40. The van der Waals surface area contributed by atoms with E-state index in [0.717, 1.165) is 33.0 Å². The molecule has 1 amide bonds. The summed E-state index contributed by atoms with van der Waals surface area (Å²) in [4.78, 5) is 35.4. The molecule has 202 valence electrons. The normalized spacial score (nSPS) is 12.7. The van der Waals surface area contributed by atoms with Crippen molar-refractivity contribution in [3.63, 3.8) is 0 Å². The number of aromatic nitrogens is 2. The molecule has 0 fully saturated rings. The van der Waals surface area contributed by atoms with Crippen LogP contribution in [0.2, 0.25) is 0 Å². The monoisotopic (exact) mass is 541 g/mol. The predicted molar refractivity (Wildman–Crippen MR) is 157 cm³/mol. The quantitative estimate of drug-likeness (QED) is 0.266. The number of nitrogens with zero attached hydrogens (tertiary/aromatic N) is 2. The lowest BCUT2D eigenvalue weighted by molar-refractivity contribution is -0.139. The number of carboxylic acids is 1. The van der Waals surface area contributed by atoms with E-state index in [-0.39, 0.29) is 23.2 Å².